The van der Waals surface area contributed by atoms with Crippen LogP contribution in [0.3, 0.4) is 0 Å². The fourth-order valence-corrected chi connectivity index (χ4v) is 4.26. The van der Waals surface area contributed by atoms with Crippen LogP contribution in [0.4, 0.5) is 0 Å². The molecule has 1 amide bonds. The maximum atomic E-state index is 12.9. The fraction of sp³-hybridized carbons (Fsp3) is 0.125. The van der Waals surface area contributed by atoms with Gasteiger partial charge in [-0.25, -0.2) is 0 Å². The van der Waals surface area contributed by atoms with E-state index < -0.39 is 0 Å². The summed E-state index contributed by atoms with van der Waals surface area (Å²) in [5, 5.41) is 3.46. The third-order valence-corrected chi connectivity index (χ3v) is 6.21. The van der Waals surface area contributed by atoms with Gasteiger partial charge in [-0.15, -0.1) is 0 Å². The highest BCUT2D eigenvalue weighted by atomic mass is 79.9. The predicted octanol–water partition coefficient (Wildman–Crippen LogP) is 4.53. The minimum absolute atomic E-state index is 0.166. The monoisotopic (exact) mass is 523 g/mol. The Hall–Kier alpha value is -3.43. The second-order valence-corrected chi connectivity index (χ2v) is 8.88. The number of amides is 1. The van der Waals surface area contributed by atoms with E-state index in [1.807, 2.05) is 42.5 Å². The number of carbonyl (C=O) groups excluding carboxylic acids is 1. The summed E-state index contributed by atoms with van der Waals surface area (Å²) in [4.78, 5) is 28.6. The average Bonchev–Trinajstić information content (AvgIpc) is 3.29. The number of hydrogen-bond donors (Lipinski definition) is 2. The fourth-order valence-electron chi connectivity index (χ4n) is 3.65. The molecular weight excluding hydrogens is 506 g/mol. The number of nitrogens with one attached hydrogen (secondary N) is 2. The van der Waals surface area contributed by atoms with Crippen LogP contribution in [0.15, 0.2) is 69.9 Å². The van der Waals surface area contributed by atoms with Gasteiger partial charge in [-0.1, -0.05) is 34.1 Å². The van der Waals surface area contributed by atoms with Crippen LogP contribution in [0, 0.1) is 4.77 Å². The summed E-state index contributed by atoms with van der Waals surface area (Å²) in [7, 11) is 0. The number of hydrogen-bond acceptors (Lipinski definition) is 5. The molecule has 1 aromatic heterocycles. The van der Waals surface area contributed by atoms with Crippen molar-refractivity contribution < 1.29 is 14.3 Å². The zero-order valence-corrected chi connectivity index (χ0v) is 19.7. The molecular formula is C24H18BrN3O4S. The lowest BCUT2D eigenvalue weighted by molar-refractivity contribution is 0.0951. The summed E-state index contributed by atoms with van der Waals surface area (Å²) in [6.07, 6.45) is 0. The van der Waals surface area contributed by atoms with Crippen LogP contribution in [0.2, 0.25) is 0 Å². The molecule has 5 rings (SSSR count). The SMILES string of the molecule is O=C(NCc1ccc2c(c1)OCO2)c1ccc(Cn2c(=S)[nH]c3ccc(Br)cc3c2=O)cc1. The third-order valence-electron chi connectivity index (χ3n) is 5.39. The molecule has 1 aliphatic rings. The van der Waals surface area contributed by atoms with E-state index in [0.717, 1.165) is 15.6 Å². The summed E-state index contributed by atoms with van der Waals surface area (Å²) < 4.78 is 13.3. The third kappa shape index (κ3) is 4.42. The molecule has 3 aromatic carbocycles. The van der Waals surface area contributed by atoms with E-state index in [2.05, 4.69) is 26.2 Å². The van der Waals surface area contributed by atoms with Crippen LogP contribution in [0.1, 0.15) is 21.5 Å². The molecule has 0 aliphatic carbocycles. The van der Waals surface area contributed by atoms with Crippen LogP contribution in [0.25, 0.3) is 10.9 Å². The molecule has 0 atom stereocenters. The van der Waals surface area contributed by atoms with Gasteiger partial charge in [0.25, 0.3) is 11.5 Å². The molecule has 2 N–H and O–H groups in total. The highest BCUT2D eigenvalue weighted by Crippen LogP contribution is 2.32. The Kier molecular flexibility index (Phi) is 5.74. The van der Waals surface area contributed by atoms with Gasteiger partial charge in [0.15, 0.2) is 16.3 Å². The predicted molar refractivity (Wildman–Crippen MR) is 130 cm³/mol. The summed E-state index contributed by atoms with van der Waals surface area (Å²) >= 11 is 8.79. The number of rotatable bonds is 5. The topological polar surface area (TPSA) is 85.3 Å². The Morgan fingerprint density at radius 3 is 2.61 bits per heavy atom. The lowest BCUT2D eigenvalue weighted by Crippen LogP contribution is -2.23. The molecule has 0 saturated heterocycles. The van der Waals surface area contributed by atoms with Gasteiger partial charge < -0.3 is 19.8 Å². The zero-order valence-electron chi connectivity index (χ0n) is 17.3. The van der Waals surface area contributed by atoms with E-state index in [-0.39, 0.29) is 18.3 Å². The van der Waals surface area contributed by atoms with E-state index in [1.165, 1.54) is 4.57 Å². The molecule has 0 radical (unpaired) electrons. The van der Waals surface area contributed by atoms with Crippen LogP contribution in [-0.2, 0) is 13.1 Å². The molecule has 0 bridgehead atoms. The highest BCUT2D eigenvalue weighted by Gasteiger charge is 2.14. The van der Waals surface area contributed by atoms with Gasteiger partial charge in [0, 0.05) is 16.6 Å². The Morgan fingerprint density at radius 1 is 1.03 bits per heavy atom. The van der Waals surface area contributed by atoms with Gasteiger partial charge in [0.2, 0.25) is 6.79 Å². The molecule has 166 valence electrons. The first kappa shape index (κ1) is 21.4. The molecule has 7 nitrogen and oxygen atoms in total. The number of fused-ring (bicyclic) bond motifs is 2. The zero-order chi connectivity index (χ0) is 22.9. The van der Waals surface area contributed by atoms with E-state index in [9.17, 15) is 9.59 Å². The number of benzene rings is 3. The van der Waals surface area contributed by atoms with E-state index >= 15 is 0 Å². The normalized spacial score (nSPS) is 12.2. The molecule has 4 aromatic rings. The molecule has 0 fully saturated rings. The van der Waals surface area contributed by atoms with Crippen molar-refractivity contribution in [3.05, 3.63) is 97.0 Å². The Balaban J connectivity index is 1.29. The summed E-state index contributed by atoms with van der Waals surface area (Å²) in [6.45, 7) is 0.884. The Morgan fingerprint density at radius 2 is 1.79 bits per heavy atom. The van der Waals surface area contributed by atoms with E-state index in [0.29, 0.717) is 45.8 Å². The van der Waals surface area contributed by atoms with E-state index in [1.54, 1.807) is 18.2 Å². The maximum absolute atomic E-state index is 12.9. The first-order chi connectivity index (χ1) is 16.0. The molecule has 9 heteroatoms. The van der Waals surface area contributed by atoms with Crippen molar-refractivity contribution in [1.82, 2.24) is 14.9 Å². The van der Waals surface area contributed by atoms with Crippen molar-refractivity contribution in [1.29, 1.82) is 0 Å². The Bertz CT molecular complexity index is 1490. The molecule has 0 unspecified atom stereocenters. The summed E-state index contributed by atoms with van der Waals surface area (Å²) in [6, 6.07) is 18.1. The maximum Gasteiger partial charge on any atom is 0.262 e. The number of aromatic amines is 1. The lowest BCUT2D eigenvalue weighted by atomic mass is 10.1. The van der Waals surface area contributed by atoms with Crippen LogP contribution >= 0.6 is 28.1 Å². The molecule has 0 spiro atoms. The van der Waals surface area contributed by atoms with Gasteiger partial charge in [0.05, 0.1) is 17.4 Å². The molecule has 33 heavy (non-hydrogen) atoms. The lowest BCUT2D eigenvalue weighted by Gasteiger charge is -2.10. The van der Waals surface area contributed by atoms with Gasteiger partial charge in [-0.3, -0.25) is 14.2 Å². The van der Waals surface area contributed by atoms with Crippen LogP contribution in [0.5, 0.6) is 11.5 Å². The number of nitrogens with zero attached hydrogens (tertiary/aromatic N) is 1. The van der Waals surface area contributed by atoms with Crippen LogP contribution < -0.4 is 20.3 Å². The number of halogens is 1. The van der Waals surface area contributed by atoms with Crippen molar-refractivity contribution in [3.8, 4) is 11.5 Å². The quantitative estimate of drug-likeness (QED) is 0.375. The van der Waals surface area contributed by atoms with Gasteiger partial charge in [-0.05, 0) is 65.8 Å². The van der Waals surface area contributed by atoms with E-state index in [4.69, 9.17) is 21.7 Å². The van der Waals surface area contributed by atoms with Crippen molar-refractivity contribution in [3.63, 3.8) is 0 Å². The summed E-state index contributed by atoms with van der Waals surface area (Å²) in [5.74, 6) is 1.20. The molecule has 2 heterocycles. The standard InChI is InChI=1S/C24H18BrN3O4S/c25-17-6-7-19-18(10-17)23(30)28(24(33)27-19)12-14-1-4-16(5-2-14)22(29)26-11-15-3-8-20-21(9-15)32-13-31-20/h1-10H,11-13H2,(H,26,29)(H,27,33). The Labute approximate surface area is 202 Å². The summed E-state index contributed by atoms with van der Waals surface area (Å²) in [5.41, 5.74) is 2.83. The number of carbonyl (C=O) groups is 1. The average molecular weight is 524 g/mol. The van der Waals surface area contributed by atoms with Crippen molar-refractivity contribution in [2.75, 3.05) is 6.79 Å². The minimum Gasteiger partial charge on any atom is -0.454 e. The minimum atomic E-state index is -0.191. The van der Waals surface area contributed by atoms with Crippen molar-refractivity contribution >= 4 is 45.0 Å². The molecule has 1 aliphatic heterocycles. The molecule has 0 saturated carbocycles. The largest absolute Gasteiger partial charge is 0.454 e. The number of aromatic nitrogens is 2. The van der Waals surface area contributed by atoms with Crippen molar-refractivity contribution in [2.24, 2.45) is 0 Å². The first-order valence-corrected chi connectivity index (χ1v) is 11.4. The van der Waals surface area contributed by atoms with Gasteiger partial charge in [-0.2, -0.15) is 0 Å². The number of H-pyrrole nitrogens is 1. The van der Waals surface area contributed by atoms with Crippen LogP contribution in [-0.4, -0.2) is 22.3 Å². The second kappa shape index (κ2) is 8.84. The smallest absolute Gasteiger partial charge is 0.262 e. The van der Waals surface area contributed by atoms with Gasteiger partial charge >= 0.3 is 0 Å². The first-order valence-electron chi connectivity index (χ1n) is 10.2. The van der Waals surface area contributed by atoms with Gasteiger partial charge in [0.1, 0.15) is 0 Å². The highest BCUT2D eigenvalue weighted by molar-refractivity contribution is 9.10. The second-order valence-electron chi connectivity index (χ2n) is 7.58. The van der Waals surface area contributed by atoms with Crippen molar-refractivity contribution in [2.45, 2.75) is 13.1 Å². The number of ether oxygens (including phenoxy) is 2.